The van der Waals surface area contributed by atoms with Crippen LogP contribution in [0.4, 0.5) is 23.1 Å². The molecule has 188 valence electrons. The Morgan fingerprint density at radius 1 is 0.972 bits per heavy atom. The van der Waals surface area contributed by atoms with E-state index in [2.05, 4.69) is 39.6 Å². The molecule has 36 heavy (non-hydrogen) atoms. The molecule has 4 aromatic rings. The summed E-state index contributed by atoms with van der Waals surface area (Å²) in [7, 11) is 5.79. The smallest absolute Gasteiger partial charge is 0.229 e. The standard InChI is InChI=1S/C26H29Cl2N7O/c1-33-11-13-35(14-12-33)17-7-8-21(23(15-17)36-3)30-26-31-22-9-10-34(2)24(22)25(32-26)29-16-18-19(27)5-4-6-20(18)28/h4-10,15H,11-14,16H2,1-3H3,(H2,29,30,31,32). The molecule has 1 fully saturated rings. The molecule has 2 aromatic heterocycles. The zero-order chi connectivity index (χ0) is 25.2. The second-order valence-corrected chi connectivity index (χ2v) is 9.72. The van der Waals surface area contributed by atoms with Gasteiger partial charge in [-0.1, -0.05) is 29.3 Å². The van der Waals surface area contributed by atoms with Crippen molar-refractivity contribution in [2.45, 2.75) is 6.54 Å². The highest BCUT2D eigenvalue weighted by molar-refractivity contribution is 6.36. The Kier molecular flexibility index (Phi) is 7.09. The minimum absolute atomic E-state index is 0.429. The lowest BCUT2D eigenvalue weighted by Gasteiger charge is -2.34. The molecule has 0 spiro atoms. The molecule has 5 rings (SSSR count). The number of nitrogens with zero attached hydrogens (tertiary/aromatic N) is 5. The Labute approximate surface area is 220 Å². The van der Waals surface area contributed by atoms with Gasteiger partial charge in [-0.2, -0.15) is 4.98 Å². The van der Waals surface area contributed by atoms with Gasteiger partial charge in [0.2, 0.25) is 5.95 Å². The van der Waals surface area contributed by atoms with Gasteiger partial charge < -0.3 is 29.7 Å². The Hall–Kier alpha value is -3.20. The number of aromatic nitrogens is 3. The summed E-state index contributed by atoms with van der Waals surface area (Å²) in [6.45, 7) is 4.50. The number of likely N-dealkylation sites (N-methyl/N-ethyl adjacent to an activating group) is 1. The lowest BCUT2D eigenvalue weighted by molar-refractivity contribution is 0.312. The van der Waals surface area contributed by atoms with Gasteiger partial charge in [0.05, 0.1) is 18.3 Å². The van der Waals surface area contributed by atoms with Crippen molar-refractivity contribution >= 4 is 57.4 Å². The number of hydrogen-bond acceptors (Lipinski definition) is 7. The first-order valence-corrected chi connectivity index (χ1v) is 12.6. The lowest BCUT2D eigenvalue weighted by Crippen LogP contribution is -2.44. The van der Waals surface area contributed by atoms with Crippen LogP contribution in [-0.2, 0) is 13.6 Å². The SMILES string of the molecule is COc1cc(N2CCN(C)CC2)ccc1Nc1nc(NCc2c(Cl)cccc2Cl)c2c(ccn2C)n1. The average Bonchev–Trinajstić information content (AvgIpc) is 3.25. The molecule has 3 heterocycles. The van der Waals surface area contributed by atoms with Gasteiger partial charge in [-0.05, 0) is 37.4 Å². The van der Waals surface area contributed by atoms with Crippen molar-refractivity contribution in [1.82, 2.24) is 19.4 Å². The van der Waals surface area contributed by atoms with Crippen LogP contribution in [0, 0.1) is 0 Å². The summed E-state index contributed by atoms with van der Waals surface area (Å²) in [6.07, 6.45) is 1.96. The number of piperazine rings is 1. The summed E-state index contributed by atoms with van der Waals surface area (Å²) in [5.41, 5.74) is 4.46. The molecule has 2 N–H and O–H groups in total. The number of nitrogens with one attached hydrogen (secondary N) is 2. The Bertz CT molecular complexity index is 1360. The van der Waals surface area contributed by atoms with E-state index in [1.54, 1.807) is 7.11 Å². The predicted molar refractivity (Wildman–Crippen MR) is 148 cm³/mol. The van der Waals surface area contributed by atoms with Gasteiger partial charge >= 0.3 is 0 Å². The summed E-state index contributed by atoms with van der Waals surface area (Å²) in [5, 5.41) is 7.96. The van der Waals surface area contributed by atoms with Crippen LogP contribution in [0.25, 0.3) is 11.0 Å². The maximum atomic E-state index is 6.38. The average molecular weight is 526 g/mol. The van der Waals surface area contributed by atoms with E-state index >= 15 is 0 Å². The molecule has 0 amide bonds. The van der Waals surface area contributed by atoms with Crippen LogP contribution in [0.5, 0.6) is 5.75 Å². The van der Waals surface area contributed by atoms with Gasteiger partial charge in [-0.15, -0.1) is 0 Å². The molecule has 0 saturated carbocycles. The number of anilines is 4. The van der Waals surface area contributed by atoms with Crippen LogP contribution < -0.4 is 20.3 Å². The highest BCUT2D eigenvalue weighted by Gasteiger charge is 2.17. The molecule has 0 bridgehead atoms. The Morgan fingerprint density at radius 2 is 1.72 bits per heavy atom. The van der Waals surface area contributed by atoms with E-state index in [1.807, 2.05) is 48.1 Å². The number of hydrogen-bond donors (Lipinski definition) is 2. The topological polar surface area (TPSA) is 70.5 Å². The fraction of sp³-hybridized carbons (Fsp3) is 0.308. The number of methoxy groups -OCH3 is 1. The van der Waals surface area contributed by atoms with Gasteiger partial charge in [-0.3, -0.25) is 0 Å². The van der Waals surface area contributed by atoms with Gasteiger partial charge in [0.15, 0.2) is 5.82 Å². The minimum Gasteiger partial charge on any atom is -0.494 e. The first-order chi connectivity index (χ1) is 17.4. The van der Waals surface area contributed by atoms with Crippen molar-refractivity contribution in [2.75, 3.05) is 55.9 Å². The van der Waals surface area contributed by atoms with E-state index < -0.39 is 0 Å². The van der Waals surface area contributed by atoms with Crippen molar-refractivity contribution < 1.29 is 4.74 Å². The summed E-state index contributed by atoms with van der Waals surface area (Å²) >= 11 is 12.8. The van der Waals surface area contributed by atoms with Crippen molar-refractivity contribution in [3.05, 3.63) is 64.3 Å². The van der Waals surface area contributed by atoms with Gasteiger partial charge in [0, 0.05) is 73.3 Å². The van der Waals surface area contributed by atoms with Gasteiger partial charge in [0.1, 0.15) is 11.3 Å². The predicted octanol–water partition coefficient (Wildman–Crippen LogP) is 5.39. The number of aryl methyl sites for hydroxylation is 1. The van der Waals surface area contributed by atoms with Crippen LogP contribution in [0.15, 0.2) is 48.7 Å². The number of benzene rings is 2. The first-order valence-electron chi connectivity index (χ1n) is 11.8. The van der Waals surface area contributed by atoms with E-state index in [1.165, 1.54) is 0 Å². The normalized spacial score (nSPS) is 14.3. The van der Waals surface area contributed by atoms with Crippen LogP contribution in [0.3, 0.4) is 0 Å². The largest absolute Gasteiger partial charge is 0.494 e. The molecule has 0 atom stereocenters. The maximum Gasteiger partial charge on any atom is 0.229 e. The lowest BCUT2D eigenvalue weighted by atomic mass is 10.2. The van der Waals surface area contributed by atoms with Crippen LogP contribution in [0.1, 0.15) is 5.56 Å². The molecule has 0 radical (unpaired) electrons. The Balaban J connectivity index is 1.42. The molecular formula is C26H29Cl2N7O. The highest BCUT2D eigenvalue weighted by Crippen LogP contribution is 2.33. The van der Waals surface area contributed by atoms with Gasteiger partial charge in [-0.25, -0.2) is 4.98 Å². The summed E-state index contributed by atoms with van der Waals surface area (Å²) in [5.74, 6) is 1.88. The zero-order valence-electron chi connectivity index (χ0n) is 20.6. The second-order valence-electron chi connectivity index (χ2n) is 8.91. The number of ether oxygens (including phenoxy) is 1. The zero-order valence-corrected chi connectivity index (χ0v) is 22.1. The molecule has 0 aliphatic carbocycles. The van der Waals surface area contributed by atoms with E-state index in [9.17, 15) is 0 Å². The molecular weight excluding hydrogens is 497 g/mol. The molecule has 1 aliphatic rings. The summed E-state index contributed by atoms with van der Waals surface area (Å²) < 4.78 is 7.71. The van der Waals surface area contributed by atoms with Gasteiger partial charge in [0.25, 0.3) is 0 Å². The number of rotatable bonds is 7. The number of fused-ring (bicyclic) bond motifs is 1. The van der Waals surface area contributed by atoms with Crippen LogP contribution in [0.2, 0.25) is 10.0 Å². The summed E-state index contributed by atoms with van der Waals surface area (Å²) in [4.78, 5) is 14.2. The second kappa shape index (κ2) is 10.4. The van der Waals surface area contributed by atoms with Crippen LogP contribution in [-0.4, -0.2) is 59.8 Å². The maximum absolute atomic E-state index is 6.38. The summed E-state index contributed by atoms with van der Waals surface area (Å²) in [6, 6.07) is 13.6. The van der Waals surface area contributed by atoms with Crippen LogP contribution >= 0.6 is 23.2 Å². The quantitative estimate of drug-likeness (QED) is 0.335. The fourth-order valence-electron chi connectivity index (χ4n) is 4.41. The highest BCUT2D eigenvalue weighted by atomic mass is 35.5. The van der Waals surface area contributed by atoms with Crippen molar-refractivity contribution in [3.63, 3.8) is 0 Å². The van der Waals surface area contributed by atoms with Crippen molar-refractivity contribution in [3.8, 4) is 5.75 Å². The van der Waals surface area contributed by atoms with Crippen molar-refractivity contribution in [2.24, 2.45) is 7.05 Å². The molecule has 8 nitrogen and oxygen atoms in total. The molecule has 1 aliphatic heterocycles. The molecule has 0 unspecified atom stereocenters. The Morgan fingerprint density at radius 3 is 2.44 bits per heavy atom. The van der Waals surface area contributed by atoms with Crippen molar-refractivity contribution in [1.29, 1.82) is 0 Å². The molecule has 1 saturated heterocycles. The molecule has 2 aromatic carbocycles. The van der Waals surface area contributed by atoms with E-state index in [0.717, 1.165) is 59.9 Å². The number of halogens is 2. The minimum atomic E-state index is 0.429. The first kappa shape index (κ1) is 24.5. The molecule has 10 heteroatoms. The van der Waals surface area contributed by atoms with E-state index in [-0.39, 0.29) is 0 Å². The monoisotopic (exact) mass is 525 g/mol. The van der Waals surface area contributed by atoms with E-state index in [0.29, 0.717) is 28.4 Å². The van der Waals surface area contributed by atoms with E-state index in [4.69, 9.17) is 37.9 Å². The third-order valence-corrected chi connectivity index (χ3v) is 7.22. The third-order valence-electron chi connectivity index (χ3n) is 6.51. The fourth-order valence-corrected chi connectivity index (χ4v) is 4.94. The third kappa shape index (κ3) is 5.02.